The van der Waals surface area contributed by atoms with Gasteiger partial charge in [-0.3, -0.25) is 9.69 Å². The van der Waals surface area contributed by atoms with Gasteiger partial charge >= 0.3 is 12.1 Å². The van der Waals surface area contributed by atoms with Crippen molar-refractivity contribution in [1.29, 1.82) is 0 Å². The SMILES string of the molecule is O=C(C1CCC2(CCN(Cc3ccco3)CC2)O1)N1CCCC1.O=C(O)C(F)(F)F. The minimum absolute atomic E-state index is 0.0558. The Labute approximate surface area is 172 Å². The molecule has 3 saturated heterocycles. The third-order valence-electron chi connectivity index (χ3n) is 5.92. The monoisotopic (exact) mass is 432 g/mol. The number of aliphatic carboxylic acids is 1. The summed E-state index contributed by atoms with van der Waals surface area (Å²) in [4.78, 5) is 25.8. The normalized spacial score (nSPS) is 24.0. The number of halogens is 3. The molecule has 3 fully saturated rings. The molecule has 1 amide bonds. The zero-order valence-electron chi connectivity index (χ0n) is 16.7. The lowest BCUT2D eigenvalue weighted by Gasteiger charge is -2.38. The lowest BCUT2D eigenvalue weighted by Crippen LogP contribution is -2.45. The van der Waals surface area contributed by atoms with Crippen molar-refractivity contribution in [3.63, 3.8) is 0 Å². The van der Waals surface area contributed by atoms with Gasteiger partial charge in [-0.05, 0) is 50.7 Å². The summed E-state index contributed by atoms with van der Waals surface area (Å²) in [6.45, 7) is 4.75. The lowest BCUT2D eigenvalue weighted by molar-refractivity contribution is -0.192. The van der Waals surface area contributed by atoms with Crippen molar-refractivity contribution < 1.29 is 37.0 Å². The molecule has 0 saturated carbocycles. The molecule has 1 aromatic heterocycles. The molecule has 168 valence electrons. The number of carbonyl (C=O) groups excluding carboxylic acids is 1. The van der Waals surface area contributed by atoms with Crippen molar-refractivity contribution in [2.24, 2.45) is 0 Å². The predicted octanol–water partition coefficient (Wildman–Crippen LogP) is 3.05. The number of furan rings is 1. The zero-order valence-corrected chi connectivity index (χ0v) is 16.7. The van der Waals surface area contributed by atoms with E-state index in [4.69, 9.17) is 19.1 Å². The van der Waals surface area contributed by atoms with Crippen LogP contribution >= 0.6 is 0 Å². The second-order valence-electron chi connectivity index (χ2n) is 8.02. The zero-order chi connectivity index (χ0) is 21.8. The molecular formula is C20H27F3N2O5. The van der Waals surface area contributed by atoms with Crippen LogP contribution in [0.1, 0.15) is 44.3 Å². The van der Waals surface area contributed by atoms with Crippen LogP contribution in [0.5, 0.6) is 0 Å². The fourth-order valence-corrected chi connectivity index (χ4v) is 4.24. The van der Waals surface area contributed by atoms with Gasteiger partial charge in [0.05, 0.1) is 18.4 Å². The summed E-state index contributed by atoms with van der Waals surface area (Å²) in [5, 5.41) is 7.12. The molecule has 0 aromatic carbocycles. The largest absolute Gasteiger partial charge is 0.490 e. The van der Waals surface area contributed by atoms with Gasteiger partial charge in [0.15, 0.2) is 0 Å². The van der Waals surface area contributed by atoms with Crippen LogP contribution < -0.4 is 0 Å². The minimum atomic E-state index is -5.08. The molecular weight excluding hydrogens is 405 g/mol. The first-order valence-electron chi connectivity index (χ1n) is 10.2. The van der Waals surface area contributed by atoms with Gasteiger partial charge < -0.3 is 19.2 Å². The predicted molar refractivity (Wildman–Crippen MR) is 99.6 cm³/mol. The summed E-state index contributed by atoms with van der Waals surface area (Å²) in [5.74, 6) is -1.50. The van der Waals surface area contributed by atoms with Gasteiger partial charge in [0, 0.05) is 26.2 Å². The lowest BCUT2D eigenvalue weighted by atomic mass is 9.88. The molecule has 1 atom stereocenters. The summed E-state index contributed by atoms with van der Waals surface area (Å²) >= 11 is 0. The average molecular weight is 432 g/mol. The van der Waals surface area contributed by atoms with Crippen molar-refractivity contribution in [2.75, 3.05) is 26.2 Å². The maximum atomic E-state index is 12.5. The van der Waals surface area contributed by atoms with Crippen LogP contribution in [0, 0.1) is 0 Å². The third kappa shape index (κ3) is 5.75. The fourth-order valence-electron chi connectivity index (χ4n) is 4.24. The van der Waals surface area contributed by atoms with E-state index in [0.717, 1.165) is 77.0 Å². The second kappa shape index (κ2) is 9.38. The quantitative estimate of drug-likeness (QED) is 0.791. The molecule has 7 nitrogen and oxygen atoms in total. The number of hydrogen-bond donors (Lipinski definition) is 1. The summed E-state index contributed by atoms with van der Waals surface area (Å²) in [5.41, 5.74) is -0.0558. The van der Waals surface area contributed by atoms with Gasteiger partial charge in [0.2, 0.25) is 0 Å². The standard InChI is InChI=1S/C18H26N2O3.C2HF3O2/c21-17(20-9-1-2-10-20)16-5-6-18(23-16)7-11-19(12-8-18)14-15-4-3-13-22-15;3-2(4,5)1(6)7/h3-4,13,16H,1-2,5-12,14H2;(H,6,7). The summed E-state index contributed by atoms with van der Waals surface area (Å²) in [6.07, 6.45) is 2.73. The van der Waals surface area contributed by atoms with E-state index in [1.807, 2.05) is 17.0 Å². The van der Waals surface area contributed by atoms with Gasteiger partial charge in [0.1, 0.15) is 11.9 Å². The van der Waals surface area contributed by atoms with Crippen LogP contribution in [0.25, 0.3) is 0 Å². The minimum Gasteiger partial charge on any atom is -0.475 e. The number of nitrogens with zero attached hydrogens (tertiary/aromatic N) is 2. The molecule has 3 aliphatic rings. The van der Waals surface area contributed by atoms with Crippen LogP contribution in [-0.2, 0) is 20.9 Å². The Balaban J connectivity index is 0.000000318. The van der Waals surface area contributed by atoms with Crippen LogP contribution in [-0.4, -0.2) is 70.8 Å². The molecule has 4 heterocycles. The molecule has 0 aliphatic carbocycles. The maximum absolute atomic E-state index is 12.5. The van der Waals surface area contributed by atoms with E-state index >= 15 is 0 Å². The van der Waals surface area contributed by atoms with Crippen molar-refractivity contribution in [3.8, 4) is 0 Å². The number of amides is 1. The topological polar surface area (TPSA) is 83.2 Å². The highest BCUT2D eigenvalue weighted by Crippen LogP contribution is 2.39. The van der Waals surface area contributed by atoms with Gasteiger partial charge in [-0.15, -0.1) is 0 Å². The smallest absolute Gasteiger partial charge is 0.475 e. The van der Waals surface area contributed by atoms with Gasteiger partial charge in [-0.2, -0.15) is 13.2 Å². The Morgan fingerprint density at radius 3 is 2.30 bits per heavy atom. The molecule has 1 unspecified atom stereocenters. The molecule has 0 radical (unpaired) electrons. The highest BCUT2D eigenvalue weighted by molar-refractivity contribution is 5.81. The Kier molecular flexibility index (Phi) is 7.07. The molecule has 0 bridgehead atoms. The Morgan fingerprint density at radius 2 is 1.77 bits per heavy atom. The van der Waals surface area contributed by atoms with E-state index in [-0.39, 0.29) is 17.6 Å². The van der Waals surface area contributed by atoms with Crippen molar-refractivity contribution >= 4 is 11.9 Å². The molecule has 3 aliphatic heterocycles. The Morgan fingerprint density at radius 1 is 1.13 bits per heavy atom. The number of alkyl halides is 3. The van der Waals surface area contributed by atoms with Gasteiger partial charge in [-0.25, -0.2) is 4.79 Å². The number of rotatable bonds is 3. The first-order chi connectivity index (χ1) is 14.2. The van der Waals surface area contributed by atoms with E-state index in [1.54, 1.807) is 6.26 Å². The van der Waals surface area contributed by atoms with Crippen molar-refractivity contribution in [2.45, 2.75) is 63.0 Å². The fraction of sp³-hybridized carbons (Fsp3) is 0.700. The Hall–Kier alpha value is -2.07. The highest BCUT2D eigenvalue weighted by atomic mass is 19.4. The first kappa shape index (κ1) is 22.6. The molecule has 1 N–H and O–H groups in total. The number of likely N-dealkylation sites (tertiary alicyclic amines) is 2. The number of carbonyl (C=O) groups is 2. The molecule has 4 rings (SSSR count). The van der Waals surface area contributed by atoms with Crippen LogP contribution in [0.15, 0.2) is 22.8 Å². The molecule has 1 spiro atoms. The van der Waals surface area contributed by atoms with E-state index in [1.165, 1.54) is 0 Å². The summed E-state index contributed by atoms with van der Waals surface area (Å²) in [6, 6.07) is 3.97. The number of carboxylic acids is 1. The highest BCUT2D eigenvalue weighted by Gasteiger charge is 2.45. The molecule has 10 heteroatoms. The summed E-state index contributed by atoms with van der Waals surface area (Å²) < 4.78 is 43.5. The number of ether oxygens (including phenoxy) is 1. The number of piperidine rings is 1. The van der Waals surface area contributed by atoms with Crippen molar-refractivity contribution in [1.82, 2.24) is 9.80 Å². The van der Waals surface area contributed by atoms with Crippen LogP contribution in [0.2, 0.25) is 0 Å². The van der Waals surface area contributed by atoms with E-state index in [0.29, 0.717) is 0 Å². The van der Waals surface area contributed by atoms with E-state index < -0.39 is 12.1 Å². The second-order valence-corrected chi connectivity index (χ2v) is 8.02. The van der Waals surface area contributed by atoms with E-state index in [9.17, 15) is 18.0 Å². The van der Waals surface area contributed by atoms with Crippen LogP contribution in [0.3, 0.4) is 0 Å². The summed E-state index contributed by atoms with van der Waals surface area (Å²) in [7, 11) is 0. The Bertz CT molecular complexity index is 709. The molecule has 1 aromatic rings. The first-order valence-corrected chi connectivity index (χ1v) is 10.2. The average Bonchev–Trinajstić information content (AvgIpc) is 3.45. The van der Waals surface area contributed by atoms with Gasteiger partial charge in [-0.1, -0.05) is 0 Å². The molecule has 30 heavy (non-hydrogen) atoms. The number of hydrogen-bond acceptors (Lipinski definition) is 5. The maximum Gasteiger partial charge on any atom is 0.490 e. The van der Waals surface area contributed by atoms with E-state index in [2.05, 4.69) is 4.90 Å². The van der Waals surface area contributed by atoms with Crippen molar-refractivity contribution in [3.05, 3.63) is 24.2 Å². The van der Waals surface area contributed by atoms with Gasteiger partial charge in [0.25, 0.3) is 5.91 Å². The van der Waals surface area contributed by atoms with Crippen LogP contribution in [0.4, 0.5) is 13.2 Å². The third-order valence-corrected chi connectivity index (χ3v) is 5.92. The number of carboxylic acid groups (broad SMARTS) is 1.